The molecule has 0 saturated carbocycles. The van der Waals surface area contributed by atoms with Crippen molar-refractivity contribution < 1.29 is 0 Å². The molecule has 1 aromatic rings. The van der Waals surface area contributed by atoms with E-state index in [9.17, 15) is 0 Å². The number of aryl methyl sites for hydroxylation is 2. The molecule has 1 aliphatic rings. The van der Waals surface area contributed by atoms with Gasteiger partial charge in [-0.3, -0.25) is 0 Å². The van der Waals surface area contributed by atoms with Crippen molar-refractivity contribution in [2.24, 2.45) is 5.73 Å². The topological polar surface area (TPSA) is 55.0 Å². The predicted molar refractivity (Wildman–Crippen MR) is 60.9 cm³/mol. The van der Waals surface area contributed by atoms with Gasteiger partial charge in [-0.2, -0.15) is 0 Å². The molecule has 2 rings (SSSR count). The Morgan fingerprint density at radius 3 is 2.67 bits per heavy atom. The summed E-state index contributed by atoms with van der Waals surface area (Å²) in [5, 5.41) is 0. The zero-order valence-corrected chi connectivity index (χ0v) is 9.40. The number of hydrogen-bond donors (Lipinski definition) is 1. The van der Waals surface area contributed by atoms with Crippen molar-refractivity contribution in [3.8, 4) is 0 Å². The van der Waals surface area contributed by atoms with Crippen LogP contribution in [-0.4, -0.2) is 29.1 Å². The third-order valence-corrected chi connectivity index (χ3v) is 2.88. The average molecular weight is 206 g/mol. The fourth-order valence-electron chi connectivity index (χ4n) is 2.18. The van der Waals surface area contributed by atoms with Gasteiger partial charge < -0.3 is 10.6 Å². The summed E-state index contributed by atoms with van der Waals surface area (Å²) in [5.74, 6) is 0.848. The van der Waals surface area contributed by atoms with E-state index in [0.29, 0.717) is 12.6 Å². The molecule has 0 spiro atoms. The molecule has 0 aliphatic carbocycles. The molecule has 1 fully saturated rings. The van der Waals surface area contributed by atoms with E-state index >= 15 is 0 Å². The van der Waals surface area contributed by atoms with Crippen molar-refractivity contribution in [2.45, 2.75) is 32.7 Å². The molecule has 82 valence electrons. The predicted octanol–water partition coefficient (Wildman–Crippen LogP) is 1.02. The van der Waals surface area contributed by atoms with Crippen LogP contribution in [0.2, 0.25) is 0 Å². The van der Waals surface area contributed by atoms with Crippen LogP contribution >= 0.6 is 0 Å². The van der Waals surface area contributed by atoms with Gasteiger partial charge in [0.1, 0.15) is 0 Å². The van der Waals surface area contributed by atoms with E-state index in [0.717, 1.165) is 30.3 Å². The quantitative estimate of drug-likeness (QED) is 0.785. The maximum absolute atomic E-state index is 5.74. The van der Waals surface area contributed by atoms with Gasteiger partial charge in [-0.1, -0.05) is 0 Å². The Labute approximate surface area is 90.5 Å². The third-order valence-electron chi connectivity index (χ3n) is 2.88. The minimum atomic E-state index is 0.422. The molecule has 0 radical (unpaired) electrons. The molecule has 1 atom stereocenters. The lowest BCUT2D eigenvalue weighted by Gasteiger charge is -2.23. The van der Waals surface area contributed by atoms with Crippen LogP contribution < -0.4 is 10.6 Å². The highest BCUT2D eigenvalue weighted by molar-refractivity contribution is 5.35. The van der Waals surface area contributed by atoms with E-state index in [2.05, 4.69) is 14.9 Å². The summed E-state index contributed by atoms with van der Waals surface area (Å²) in [6.45, 7) is 5.73. The van der Waals surface area contributed by atoms with Gasteiger partial charge in [-0.15, -0.1) is 0 Å². The number of aromatic nitrogens is 2. The summed E-state index contributed by atoms with van der Waals surface area (Å²) in [5.41, 5.74) is 7.80. The van der Waals surface area contributed by atoms with Gasteiger partial charge in [0.25, 0.3) is 0 Å². The highest BCUT2D eigenvalue weighted by atomic mass is 15.3. The van der Waals surface area contributed by atoms with Crippen molar-refractivity contribution >= 4 is 5.95 Å². The fourth-order valence-corrected chi connectivity index (χ4v) is 2.18. The first-order chi connectivity index (χ1) is 7.20. The number of hydrogen-bond acceptors (Lipinski definition) is 4. The molecule has 2 heterocycles. The monoisotopic (exact) mass is 206 g/mol. The molecule has 0 amide bonds. The number of anilines is 1. The molecule has 15 heavy (non-hydrogen) atoms. The Morgan fingerprint density at radius 2 is 2.07 bits per heavy atom. The average Bonchev–Trinajstić information content (AvgIpc) is 2.63. The second-order valence-corrected chi connectivity index (χ2v) is 4.18. The maximum atomic E-state index is 5.74. The first kappa shape index (κ1) is 10.4. The zero-order valence-electron chi connectivity index (χ0n) is 9.40. The fraction of sp³-hybridized carbons (Fsp3) is 0.636. The summed E-state index contributed by atoms with van der Waals surface area (Å²) in [4.78, 5) is 11.2. The lowest BCUT2D eigenvalue weighted by atomic mass is 10.2. The second-order valence-electron chi connectivity index (χ2n) is 4.18. The minimum absolute atomic E-state index is 0.422. The standard InChI is InChI=1S/C11H18N4/c1-8-6-9(2)14-11(13-8)15-5-3-4-10(15)7-12/h6,10H,3-5,7,12H2,1-2H3. The maximum Gasteiger partial charge on any atom is 0.226 e. The number of rotatable bonds is 2. The van der Waals surface area contributed by atoms with Gasteiger partial charge in [0.2, 0.25) is 5.95 Å². The van der Waals surface area contributed by atoms with Crippen molar-refractivity contribution in [2.75, 3.05) is 18.0 Å². The summed E-state index contributed by atoms with van der Waals surface area (Å²) < 4.78 is 0. The number of nitrogens with zero attached hydrogens (tertiary/aromatic N) is 3. The Hall–Kier alpha value is -1.16. The summed E-state index contributed by atoms with van der Waals surface area (Å²) in [6.07, 6.45) is 2.35. The lowest BCUT2D eigenvalue weighted by molar-refractivity contribution is 0.662. The molecular formula is C11H18N4. The van der Waals surface area contributed by atoms with Crippen LogP contribution in [0.1, 0.15) is 24.2 Å². The Bertz CT molecular complexity index is 330. The van der Waals surface area contributed by atoms with Gasteiger partial charge in [0, 0.05) is 30.5 Å². The molecule has 1 aromatic heterocycles. The van der Waals surface area contributed by atoms with Crippen LogP contribution in [0.5, 0.6) is 0 Å². The Balaban J connectivity index is 2.28. The van der Waals surface area contributed by atoms with Gasteiger partial charge >= 0.3 is 0 Å². The second kappa shape index (κ2) is 4.14. The van der Waals surface area contributed by atoms with E-state index in [1.165, 1.54) is 6.42 Å². The van der Waals surface area contributed by atoms with Gasteiger partial charge in [0.15, 0.2) is 0 Å². The SMILES string of the molecule is Cc1cc(C)nc(N2CCCC2CN)n1. The van der Waals surface area contributed by atoms with Crippen LogP contribution in [0.4, 0.5) is 5.95 Å². The van der Waals surface area contributed by atoms with E-state index in [-0.39, 0.29) is 0 Å². The Kier molecular flexibility index (Phi) is 2.86. The first-order valence-electron chi connectivity index (χ1n) is 5.49. The third kappa shape index (κ3) is 2.09. The highest BCUT2D eigenvalue weighted by Gasteiger charge is 2.25. The van der Waals surface area contributed by atoms with Crippen LogP contribution in [0.3, 0.4) is 0 Å². The normalized spacial score (nSPS) is 21.0. The summed E-state index contributed by atoms with van der Waals surface area (Å²) in [7, 11) is 0. The highest BCUT2D eigenvalue weighted by Crippen LogP contribution is 2.21. The minimum Gasteiger partial charge on any atom is -0.337 e. The van der Waals surface area contributed by atoms with Crippen LogP contribution in [-0.2, 0) is 0 Å². The van der Waals surface area contributed by atoms with E-state index in [4.69, 9.17) is 5.73 Å². The van der Waals surface area contributed by atoms with Crippen molar-refractivity contribution in [1.29, 1.82) is 0 Å². The number of nitrogens with two attached hydrogens (primary N) is 1. The molecule has 1 unspecified atom stereocenters. The molecule has 0 bridgehead atoms. The molecule has 4 nitrogen and oxygen atoms in total. The molecule has 1 saturated heterocycles. The van der Waals surface area contributed by atoms with Crippen LogP contribution in [0.15, 0.2) is 6.07 Å². The van der Waals surface area contributed by atoms with Crippen molar-refractivity contribution in [1.82, 2.24) is 9.97 Å². The Morgan fingerprint density at radius 1 is 1.40 bits per heavy atom. The van der Waals surface area contributed by atoms with Gasteiger partial charge in [0.05, 0.1) is 0 Å². The lowest BCUT2D eigenvalue weighted by Crippen LogP contribution is -2.36. The van der Waals surface area contributed by atoms with E-state index in [1.807, 2.05) is 19.9 Å². The molecule has 4 heteroatoms. The van der Waals surface area contributed by atoms with Gasteiger partial charge in [-0.25, -0.2) is 9.97 Å². The molecular weight excluding hydrogens is 188 g/mol. The summed E-state index contributed by atoms with van der Waals surface area (Å²) >= 11 is 0. The van der Waals surface area contributed by atoms with Crippen LogP contribution in [0, 0.1) is 13.8 Å². The first-order valence-corrected chi connectivity index (χ1v) is 5.49. The zero-order chi connectivity index (χ0) is 10.8. The van der Waals surface area contributed by atoms with E-state index < -0.39 is 0 Å². The van der Waals surface area contributed by atoms with Crippen LogP contribution in [0.25, 0.3) is 0 Å². The summed E-state index contributed by atoms with van der Waals surface area (Å²) in [6, 6.07) is 2.42. The molecule has 1 aliphatic heterocycles. The molecule has 0 aromatic carbocycles. The van der Waals surface area contributed by atoms with Crippen molar-refractivity contribution in [3.05, 3.63) is 17.5 Å². The molecule has 2 N–H and O–H groups in total. The van der Waals surface area contributed by atoms with Gasteiger partial charge in [-0.05, 0) is 32.8 Å². The smallest absolute Gasteiger partial charge is 0.226 e. The van der Waals surface area contributed by atoms with E-state index in [1.54, 1.807) is 0 Å². The van der Waals surface area contributed by atoms with Crippen molar-refractivity contribution in [3.63, 3.8) is 0 Å². The largest absolute Gasteiger partial charge is 0.337 e.